The van der Waals surface area contributed by atoms with Gasteiger partial charge in [0.1, 0.15) is 0 Å². The van der Waals surface area contributed by atoms with E-state index in [9.17, 15) is 9.59 Å². The molecule has 0 saturated heterocycles. The van der Waals surface area contributed by atoms with Crippen LogP contribution in [-0.4, -0.2) is 25.7 Å². The predicted octanol–water partition coefficient (Wildman–Crippen LogP) is 1.77. The zero-order valence-corrected chi connectivity index (χ0v) is 14.2. The van der Waals surface area contributed by atoms with Crippen LogP contribution in [0.3, 0.4) is 0 Å². The first-order chi connectivity index (χ1) is 12.0. The maximum absolute atomic E-state index is 12.7. The summed E-state index contributed by atoms with van der Waals surface area (Å²) in [5, 5.41) is 7.96. The molecule has 1 aromatic carbocycles. The molecule has 7 nitrogen and oxygen atoms in total. The van der Waals surface area contributed by atoms with Crippen molar-refractivity contribution < 1.29 is 4.79 Å². The fourth-order valence-electron chi connectivity index (χ4n) is 3.65. The molecule has 0 spiro atoms. The third-order valence-electron chi connectivity index (χ3n) is 4.78. The Morgan fingerprint density at radius 3 is 3.00 bits per heavy atom. The first kappa shape index (κ1) is 15.6. The molecule has 2 aromatic heterocycles. The van der Waals surface area contributed by atoms with E-state index in [1.165, 1.54) is 0 Å². The lowest BCUT2D eigenvalue weighted by Crippen LogP contribution is -2.33. The highest BCUT2D eigenvalue weighted by Crippen LogP contribution is 2.31. The first-order valence-electron chi connectivity index (χ1n) is 8.37. The van der Waals surface area contributed by atoms with E-state index in [4.69, 9.17) is 0 Å². The quantitative estimate of drug-likeness (QED) is 0.745. The normalized spacial score (nSPS) is 16.6. The van der Waals surface area contributed by atoms with Gasteiger partial charge in [-0.2, -0.15) is 5.10 Å². The molecule has 1 unspecified atom stereocenters. The number of para-hydroxylation sites is 1. The highest BCUT2D eigenvalue weighted by Gasteiger charge is 2.28. The maximum Gasteiger partial charge on any atom is 0.287 e. The van der Waals surface area contributed by atoms with Gasteiger partial charge in [-0.05, 0) is 38.3 Å². The fraction of sp³-hybridized carbons (Fsp3) is 0.333. The fourth-order valence-corrected chi connectivity index (χ4v) is 3.65. The zero-order valence-electron chi connectivity index (χ0n) is 14.2. The number of hydrogen-bond acceptors (Lipinski definition) is 4. The van der Waals surface area contributed by atoms with Gasteiger partial charge in [-0.15, -0.1) is 0 Å². The van der Waals surface area contributed by atoms with E-state index in [-0.39, 0.29) is 23.3 Å². The summed E-state index contributed by atoms with van der Waals surface area (Å²) >= 11 is 0. The van der Waals surface area contributed by atoms with Crippen molar-refractivity contribution >= 4 is 16.8 Å². The Hall–Kier alpha value is -2.96. The molecule has 3 aromatic rings. The van der Waals surface area contributed by atoms with Gasteiger partial charge in [0.2, 0.25) is 0 Å². The third kappa shape index (κ3) is 2.61. The van der Waals surface area contributed by atoms with E-state index in [1.807, 2.05) is 18.7 Å². The minimum Gasteiger partial charge on any atom is -0.342 e. The summed E-state index contributed by atoms with van der Waals surface area (Å²) in [6.07, 6.45) is 2.80. The number of hydrogen-bond donors (Lipinski definition) is 2. The van der Waals surface area contributed by atoms with Gasteiger partial charge in [-0.3, -0.25) is 14.3 Å². The average Bonchev–Trinajstić information content (AvgIpc) is 2.90. The molecule has 0 radical (unpaired) electrons. The first-order valence-corrected chi connectivity index (χ1v) is 8.37. The van der Waals surface area contributed by atoms with Crippen molar-refractivity contribution in [2.75, 3.05) is 0 Å². The molecule has 128 valence electrons. The van der Waals surface area contributed by atoms with Gasteiger partial charge in [-0.25, -0.2) is 4.98 Å². The molecule has 1 aliphatic rings. The second-order valence-corrected chi connectivity index (χ2v) is 6.42. The number of nitrogens with zero attached hydrogens (tertiary/aromatic N) is 3. The van der Waals surface area contributed by atoms with Crippen LogP contribution in [0.15, 0.2) is 29.1 Å². The number of H-pyrrole nitrogens is 1. The van der Waals surface area contributed by atoms with Crippen molar-refractivity contribution in [1.29, 1.82) is 0 Å². The molecule has 25 heavy (non-hydrogen) atoms. The topological polar surface area (TPSA) is 92.7 Å². The Balaban J connectivity index is 1.67. The van der Waals surface area contributed by atoms with Crippen LogP contribution >= 0.6 is 0 Å². The van der Waals surface area contributed by atoms with E-state index in [2.05, 4.69) is 20.4 Å². The number of fused-ring (bicyclic) bond motifs is 2. The van der Waals surface area contributed by atoms with Gasteiger partial charge < -0.3 is 10.3 Å². The van der Waals surface area contributed by atoms with Gasteiger partial charge >= 0.3 is 0 Å². The zero-order chi connectivity index (χ0) is 17.6. The highest BCUT2D eigenvalue weighted by molar-refractivity contribution is 5.92. The number of aromatic amines is 1. The number of amides is 1. The third-order valence-corrected chi connectivity index (χ3v) is 4.78. The molecule has 0 aliphatic heterocycles. The maximum atomic E-state index is 12.7. The molecular weight excluding hydrogens is 318 g/mol. The Labute approximate surface area is 144 Å². The van der Waals surface area contributed by atoms with Crippen molar-refractivity contribution in [3.8, 4) is 0 Å². The minimum atomic E-state index is -0.371. The van der Waals surface area contributed by atoms with Gasteiger partial charge in [0.15, 0.2) is 5.82 Å². The molecule has 1 aliphatic carbocycles. The van der Waals surface area contributed by atoms with Crippen LogP contribution in [0.4, 0.5) is 0 Å². The van der Waals surface area contributed by atoms with Crippen LogP contribution in [0.2, 0.25) is 0 Å². The van der Waals surface area contributed by atoms with E-state index in [0.29, 0.717) is 10.9 Å². The summed E-state index contributed by atoms with van der Waals surface area (Å²) in [5.74, 6) is -0.332. The Morgan fingerprint density at radius 2 is 2.16 bits per heavy atom. The Bertz CT molecular complexity index is 1030. The molecule has 7 heteroatoms. The lowest BCUT2D eigenvalue weighted by Gasteiger charge is -2.24. The van der Waals surface area contributed by atoms with Crippen LogP contribution in [0.25, 0.3) is 10.9 Å². The molecular formula is C18H19N5O2. The van der Waals surface area contributed by atoms with Gasteiger partial charge in [-0.1, -0.05) is 12.1 Å². The molecule has 1 atom stereocenters. The largest absolute Gasteiger partial charge is 0.342 e. The van der Waals surface area contributed by atoms with Gasteiger partial charge in [0, 0.05) is 18.3 Å². The summed E-state index contributed by atoms with van der Waals surface area (Å²) in [4.78, 5) is 31.7. The number of aromatic nitrogens is 4. The number of benzene rings is 1. The second kappa shape index (κ2) is 5.84. The van der Waals surface area contributed by atoms with Crippen molar-refractivity contribution in [3.63, 3.8) is 0 Å². The number of nitrogens with one attached hydrogen (secondary N) is 2. The number of aryl methyl sites for hydroxylation is 2. The van der Waals surface area contributed by atoms with E-state index in [0.717, 1.165) is 36.2 Å². The van der Waals surface area contributed by atoms with Crippen LogP contribution in [0.5, 0.6) is 0 Å². The number of carbonyl (C=O) groups is 1. The Kier molecular flexibility index (Phi) is 3.63. The minimum absolute atomic E-state index is 0.0392. The Morgan fingerprint density at radius 1 is 1.36 bits per heavy atom. The molecule has 0 fully saturated rings. The van der Waals surface area contributed by atoms with E-state index < -0.39 is 0 Å². The molecule has 2 N–H and O–H groups in total. The lowest BCUT2D eigenvalue weighted by atomic mass is 9.91. The standard InChI is InChI=1S/C18H19N5O2/c1-10-15-13(8-5-9-14(15)23(2)22-10)20-18(25)16-19-12-7-4-3-6-11(12)17(24)21-16/h3-4,6-7,13H,5,8-9H2,1-2H3,(H,20,25)(H,19,21,24). The van der Waals surface area contributed by atoms with E-state index >= 15 is 0 Å². The smallest absolute Gasteiger partial charge is 0.287 e. The summed E-state index contributed by atoms with van der Waals surface area (Å²) in [6.45, 7) is 1.96. The van der Waals surface area contributed by atoms with Crippen LogP contribution in [0.1, 0.15) is 46.5 Å². The van der Waals surface area contributed by atoms with Crippen LogP contribution in [0, 0.1) is 6.92 Å². The van der Waals surface area contributed by atoms with Crippen molar-refractivity contribution in [2.45, 2.75) is 32.2 Å². The highest BCUT2D eigenvalue weighted by atomic mass is 16.2. The van der Waals surface area contributed by atoms with E-state index in [1.54, 1.807) is 24.3 Å². The number of carbonyl (C=O) groups excluding carboxylic acids is 1. The summed E-state index contributed by atoms with van der Waals surface area (Å²) < 4.78 is 1.89. The van der Waals surface area contributed by atoms with Crippen molar-refractivity contribution in [1.82, 2.24) is 25.1 Å². The average molecular weight is 337 g/mol. The monoisotopic (exact) mass is 337 g/mol. The van der Waals surface area contributed by atoms with Crippen molar-refractivity contribution in [3.05, 3.63) is 57.4 Å². The summed E-state index contributed by atoms with van der Waals surface area (Å²) in [5.41, 5.74) is 3.39. The molecule has 0 saturated carbocycles. The SMILES string of the molecule is Cc1nn(C)c2c1C(NC(=O)c1nc3ccccc3c(=O)[nH]1)CCC2. The molecule has 1 amide bonds. The lowest BCUT2D eigenvalue weighted by molar-refractivity contribution is 0.0922. The van der Waals surface area contributed by atoms with Crippen LogP contribution in [-0.2, 0) is 13.5 Å². The predicted molar refractivity (Wildman–Crippen MR) is 93.5 cm³/mol. The van der Waals surface area contributed by atoms with Crippen LogP contribution < -0.4 is 10.9 Å². The summed E-state index contributed by atoms with van der Waals surface area (Å²) in [7, 11) is 1.93. The number of rotatable bonds is 2. The second-order valence-electron chi connectivity index (χ2n) is 6.42. The van der Waals surface area contributed by atoms with Gasteiger partial charge in [0.05, 0.1) is 22.6 Å². The molecule has 2 heterocycles. The summed E-state index contributed by atoms with van der Waals surface area (Å²) in [6, 6.07) is 6.87. The van der Waals surface area contributed by atoms with Crippen molar-refractivity contribution in [2.24, 2.45) is 7.05 Å². The molecule has 4 rings (SSSR count). The van der Waals surface area contributed by atoms with Gasteiger partial charge in [0.25, 0.3) is 11.5 Å². The molecule has 0 bridgehead atoms.